The van der Waals surface area contributed by atoms with E-state index in [-0.39, 0.29) is 32.3 Å². The van der Waals surface area contributed by atoms with E-state index in [0.29, 0.717) is 24.3 Å². The highest BCUT2D eigenvalue weighted by Gasteiger charge is 2.46. The van der Waals surface area contributed by atoms with Crippen LogP contribution in [0.1, 0.15) is 56.0 Å². The summed E-state index contributed by atoms with van der Waals surface area (Å²) in [7, 11) is 3.25. The van der Waals surface area contributed by atoms with Gasteiger partial charge in [-0.2, -0.15) is 5.26 Å². The number of carbonyl (C=O) groups is 1. The van der Waals surface area contributed by atoms with Crippen molar-refractivity contribution in [3.05, 3.63) is 114 Å². The van der Waals surface area contributed by atoms with Gasteiger partial charge in [0.2, 0.25) is 0 Å². The van der Waals surface area contributed by atoms with Crippen molar-refractivity contribution in [2.24, 2.45) is 5.41 Å². The minimum absolute atomic E-state index is 0.0243. The zero-order chi connectivity index (χ0) is 36.4. The first-order valence-corrected chi connectivity index (χ1v) is 17.1. The molecule has 1 N–H and O–H groups in total. The second-order valence-electron chi connectivity index (χ2n) is 13.5. The summed E-state index contributed by atoms with van der Waals surface area (Å²) in [6.07, 6.45) is 1.69. The molecule has 11 nitrogen and oxygen atoms in total. The summed E-state index contributed by atoms with van der Waals surface area (Å²) < 4.78 is 37.6. The maximum atomic E-state index is 12.2. The highest BCUT2D eigenvalue weighted by atomic mass is 16.6. The lowest BCUT2D eigenvalue weighted by atomic mass is 9.80. The molecule has 270 valence electrons. The summed E-state index contributed by atoms with van der Waals surface area (Å²) in [5.74, 6) is 1.12. The number of aliphatic hydroxyl groups is 1. The minimum atomic E-state index is -1.10. The predicted molar refractivity (Wildman–Crippen MR) is 189 cm³/mol. The molecule has 4 aromatic rings. The largest absolute Gasteiger partial charge is 0.497 e. The minimum Gasteiger partial charge on any atom is -0.497 e. The average Bonchev–Trinajstić information content (AvgIpc) is 3.73. The number of benzene rings is 3. The van der Waals surface area contributed by atoms with Crippen LogP contribution in [0.25, 0.3) is 0 Å². The molecule has 1 aliphatic rings. The van der Waals surface area contributed by atoms with Crippen molar-refractivity contribution in [1.29, 1.82) is 5.26 Å². The van der Waals surface area contributed by atoms with E-state index < -0.39 is 35.4 Å². The molecule has 1 aliphatic heterocycles. The van der Waals surface area contributed by atoms with Crippen molar-refractivity contribution in [2.75, 3.05) is 27.4 Å². The zero-order valence-electron chi connectivity index (χ0n) is 29.9. The number of ether oxygens (including phenoxy) is 6. The van der Waals surface area contributed by atoms with E-state index in [1.54, 1.807) is 45.9 Å². The van der Waals surface area contributed by atoms with Crippen LogP contribution in [0.4, 0.5) is 0 Å². The lowest BCUT2D eigenvalue weighted by molar-refractivity contribution is -0.156. The summed E-state index contributed by atoms with van der Waals surface area (Å²) in [4.78, 5) is 16.7. The smallest absolute Gasteiger partial charge is 0.312 e. The number of nitrogens with zero attached hydrogens (tertiary/aromatic N) is 3. The van der Waals surface area contributed by atoms with Crippen LogP contribution in [-0.2, 0) is 42.5 Å². The van der Waals surface area contributed by atoms with Gasteiger partial charge < -0.3 is 38.1 Å². The Hall–Kier alpha value is -4.73. The van der Waals surface area contributed by atoms with E-state index in [9.17, 15) is 9.90 Å². The molecule has 2 heterocycles. The molecule has 5 rings (SSSR count). The van der Waals surface area contributed by atoms with E-state index in [2.05, 4.69) is 11.1 Å². The van der Waals surface area contributed by atoms with E-state index in [4.69, 9.17) is 33.7 Å². The molecule has 0 aliphatic carbocycles. The summed E-state index contributed by atoms with van der Waals surface area (Å²) in [5.41, 5.74) is 1.67. The summed E-state index contributed by atoms with van der Waals surface area (Å²) in [5, 5.41) is 20.8. The number of carbonyl (C=O) groups excluding carboxylic acids is 1. The SMILES string of the molecule is COc1ccc(C(OC[C@H]2O[C@@H](CCc3cn(COC(=O)C(C)(C)C)cn3)[C@H](OCCC#N)[C@@H]2O)(c2ccccc2)c2ccc(OC)cc2)cc1. The van der Waals surface area contributed by atoms with Gasteiger partial charge in [0, 0.05) is 6.20 Å². The molecule has 1 fully saturated rings. The lowest BCUT2D eigenvalue weighted by Gasteiger charge is -2.37. The van der Waals surface area contributed by atoms with Crippen LogP contribution < -0.4 is 9.47 Å². The maximum Gasteiger partial charge on any atom is 0.312 e. The van der Waals surface area contributed by atoms with Gasteiger partial charge >= 0.3 is 5.97 Å². The Morgan fingerprint density at radius 3 is 2.10 bits per heavy atom. The number of hydrogen-bond acceptors (Lipinski definition) is 10. The van der Waals surface area contributed by atoms with E-state index in [1.165, 1.54) is 0 Å². The van der Waals surface area contributed by atoms with E-state index in [1.807, 2.05) is 85.1 Å². The standard InChI is InChI=1S/C40H47N3O8/c1-39(2,3)38(45)49-27-43-24-31(42-26-43)16-21-34-37(48-23-9-22-41)36(44)35(51-34)25-50-40(28-10-7-6-8-11-28,29-12-17-32(46-4)18-13-29)30-14-19-33(47-5)20-15-30/h6-8,10-15,17-20,24,26,34-37,44H,9,16,21,23,25,27H2,1-5H3/t34-,35+,36+,37-/m0/s1. The van der Waals surface area contributed by atoms with Crippen molar-refractivity contribution in [1.82, 2.24) is 9.55 Å². The summed E-state index contributed by atoms with van der Waals surface area (Å²) >= 11 is 0. The summed E-state index contributed by atoms with van der Waals surface area (Å²) in [6, 6.07) is 27.5. The molecule has 0 radical (unpaired) electrons. The van der Waals surface area contributed by atoms with Gasteiger partial charge in [-0.25, -0.2) is 4.98 Å². The van der Waals surface area contributed by atoms with Gasteiger partial charge in [0.05, 0.1) is 63.5 Å². The van der Waals surface area contributed by atoms with E-state index in [0.717, 1.165) is 22.4 Å². The Kier molecular flexibility index (Phi) is 12.5. The quantitative estimate of drug-likeness (QED) is 0.0868. The Bertz CT molecular complexity index is 1680. The summed E-state index contributed by atoms with van der Waals surface area (Å²) in [6.45, 7) is 5.65. The molecule has 0 unspecified atom stereocenters. The first-order chi connectivity index (χ1) is 24.6. The third-order valence-electron chi connectivity index (χ3n) is 8.92. The highest BCUT2D eigenvalue weighted by Crippen LogP contribution is 2.42. The van der Waals surface area contributed by atoms with Crippen LogP contribution in [0, 0.1) is 16.7 Å². The molecule has 1 aromatic heterocycles. The predicted octanol–water partition coefficient (Wildman–Crippen LogP) is 5.82. The van der Waals surface area contributed by atoms with Gasteiger partial charge in [-0.1, -0.05) is 54.6 Å². The number of imidazole rings is 1. The van der Waals surface area contributed by atoms with Crippen LogP contribution in [0.3, 0.4) is 0 Å². The Balaban J connectivity index is 1.39. The van der Waals surface area contributed by atoms with Gasteiger partial charge in [0.15, 0.2) is 6.73 Å². The van der Waals surface area contributed by atoms with Gasteiger partial charge in [-0.15, -0.1) is 0 Å². The Morgan fingerprint density at radius 1 is 0.922 bits per heavy atom. The second-order valence-corrected chi connectivity index (χ2v) is 13.5. The number of rotatable bonds is 16. The molecule has 3 aromatic carbocycles. The first kappa shape index (κ1) is 37.5. The number of esters is 1. The number of aromatic nitrogens is 2. The Labute approximate surface area is 299 Å². The second kappa shape index (κ2) is 17.0. The van der Waals surface area contributed by atoms with Crippen molar-refractivity contribution in [3.8, 4) is 17.6 Å². The van der Waals surface area contributed by atoms with Crippen LogP contribution in [-0.4, -0.2) is 72.5 Å². The number of nitriles is 1. The fourth-order valence-electron chi connectivity index (χ4n) is 6.16. The van der Waals surface area contributed by atoms with Crippen molar-refractivity contribution < 1.29 is 38.3 Å². The maximum absolute atomic E-state index is 12.2. The third-order valence-corrected chi connectivity index (χ3v) is 8.92. The average molecular weight is 698 g/mol. The number of aliphatic hydroxyl groups excluding tert-OH is 1. The number of methoxy groups -OCH3 is 2. The number of hydrogen-bond donors (Lipinski definition) is 1. The monoisotopic (exact) mass is 697 g/mol. The molecular formula is C40H47N3O8. The van der Waals surface area contributed by atoms with Crippen molar-refractivity contribution >= 4 is 5.97 Å². The Morgan fingerprint density at radius 2 is 1.53 bits per heavy atom. The van der Waals surface area contributed by atoms with E-state index >= 15 is 0 Å². The molecule has 51 heavy (non-hydrogen) atoms. The molecule has 11 heteroatoms. The van der Waals surface area contributed by atoms with Crippen LogP contribution in [0.15, 0.2) is 91.4 Å². The third kappa shape index (κ3) is 8.96. The van der Waals surface area contributed by atoms with Crippen molar-refractivity contribution in [3.63, 3.8) is 0 Å². The molecule has 0 saturated carbocycles. The first-order valence-electron chi connectivity index (χ1n) is 17.1. The van der Waals surface area contributed by atoms with Gasteiger partial charge in [-0.05, 0) is 74.6 Å². The van der Waals surface area contributed by atoms with Gasteiger partial charge in [-0.3, -0.25) is 4.79 Å². The van der Waals surface area contributed by atoms with Gasteiger partial charge in [0.25, 0.3) is 0 Å². The molecule has 0 spiro atoms. The van der Waals surface area contributed by atoms with Gasteiger partial charge in [0.1, 0.15) is 35.4 Å². The fraction of sp³-hybridized carbons (Fsp3) is 0.425. The highest BCUT2D eigenvalue weighted by molar-refractivity contribution is 5.75. The van der Waals surface area contributed by atoms with Crippen LogP contribution >= 0.6 is 0 Å². The van der Waals surface area contributed by atoms with Crippen LogP contribution in [0.2, 0.25) is 0 Å². The lowest BCUT2D eigenvalue weighted by Crippen LogP contribution is -2.40. The molecule has 1 saturated heterocycles. The fourth-order valence-corrected chi connectivity index (χ4v) is 6.16. The molecular weight excluding hydrogens is 650 g/mol. The zero-order valence-corrected chi connectivity index (χ0v) is 29.9. The number of aryl methyl sites for hydroxylation is 1. The molecule has 4 atom stereocenters. The van der Waals surface area contributed by atoms with Crippen LogP contribution in [0.5, 0.6) is 11.5 Å². The topological polar surface area (TPSA) is 134 Å². The van der Waals surface area contributed by atoms with Crippen molar-refractivity contribution in [2.45, 2.75) is 76.8 Å². The molecule has 0 bridgehead atoms. The normalized spacial score (nSPS) is 19.0. The molecule has 0 amide bonds.